The number of allylic oxidation sites excluding steroid dienone is 4. The van der Waals surface area contributed by atoms with E-state index in [2.05, 4.69) is 49.1 Å². The van der Waals surface area contributed by atoms with Crippen LogP contribution >= 0.6 is 0 Å². The Balaban J connectivity index is 1.28. The molecule has 7 aliphatic rings. The Morgan fingerprint density at radius 1 is 0.933 bits per heavy atom. The molecule has 0 heterocycles. The van der Waals surface area contributed by atoms with Crippen LogP contribution in [0.1, 0.15) is 96.5 Å². The van der Waals surface area contributed by atoms with E-state index in [9.17, 15) is 25.2 Å². The highest BCUT2D eigenvalue weighted by molar-refractivity contribution is 6.00. The highest BCUT2D eigenvalue weighted by Crippen LogP contribution is 2.78. The molecule has 1 aromatic carbocycles. The van der Waals surface area contributed by atoms with Gasteiger partial charge >= 0.3 is 0 Å². The molecule has 4 N–H and O–H groups in total. The Kier molecular flexibility index (Phi) is 8.05. The van der Waals surface area contributed by atoms with Crippen molar-refractivity contribution in [2.24, 2.45) is 39.4 Å². The number of hydrogen-bond acceptors (Lipinski definition) is 6. The minimum absolute atomic E-state index is 0.0239. The summed E-state index contributed by atoms with van der Waals surface area (Å²) in [7, 11) is 0. The van der Waals surface area contributed by atoms with Gasteiger partial charge < -0.3 is 20.4 Å². The molecule has 1 aromatic rings. The second kappa shape index (κ2) is 11.4. The molecule has 4 saturated carbocycles. The minimum atomic E-state index is -0.996. The van der Waals surface area contributed by atoms with Gasteiger partial charge in [0, 0.05) is 47.4 Å². The summed E-state index contributed by atoms with van der Waals surface area (Å²) in [5.74, 6) is 0.875. The molecular formula is C39H55NO5. The Morgan fingerprint density at radius 3 is 2.36 bits per heavy atom. The van der Waals surface area contributed by atoms with E-state index in [1.807, 2.05) is 18.2 Å². The normalized spacial score (nSPS) is 43.0. The van der Waals surface area contributed by atoms with Crippen molar-refractivity contribution in [2.45, 2.75) is 115 Å². The van der Waals surface area contributed by atoms with Crippen molar-refractivity contribution in [3.05, 3.63) is 59.7 Å². The highest BCUT2D eigenvalue weighted by atomic mass is 16.3. The van der Waals surface area contributed by atoms with Gasteiger partial charge in [-0.3, -0.25) is 9.69 Å². The summed E-state index contributed by atoms with van der Waals surface area (Å²) in [6.45, 7) is 5.71. The van der Waals surface area contributed by atoms with E-state index in [4.69, 9.17) is 0 Å². The molecule has 0 amide bonds. The van der Waals surface area contributed by atoms with Crippen LogP contribution in [0.25, 0.3) is 0 Å². The van der Waals surface area contributed by atoms with Crippen LogP contribution in [0.5, 0.6) is 0 Å². The van der Waals surface area contributed by atoms with E-state index < -0.39 is 22.5 Å². The molecule has 0 saturated heterocycles. The zero-order valence-electron chi connectivity index (χ0n) is 27.5. The van der Waals surface area contributed by atoms with Crippen molar-refractivity contribution < 1.29 is 25.2 Å². The summed E-state index contributed by atoms with van der Waals surface area (Å²) in [5.41, 5.74) is 0.00817. The summed E-state index contributed by atoms with van der Waals surface area (Å²) >= 11 is 0. The van der Waals surface area contributed by atoms with Crippen LogP contribution in [-0.4, -0.2) is 68.6 Å². The first kappa shape index (κ1) is 31.8. The fourth-order valence-corrected chi connectivity index (χ4v) is 12.0. The van der Waals surface area contributed by atoms with E-state index >= 15 is 0 Å². The number of carbonyl (C=O) groups excluding carboxylic acids is 1. The quantitative estimate of drug-likeness (QED) is 0.270. The lowest BCUT2D eigenvalue weighted by Crippen LogP contribution is -2.67. The summed E-state index contributed by atoms with van der Waals surface area (Å²) in [6.07, 6.45) is 17.2. The average Bonchev–Trinajstić information content (AvgIpc) is 3.31. The second-order valence-corrected chi connectivity index (χ2v) is 16.5. The molecule has 9 atom stereocenters. The molecule has 0 aliphatic heterocycles. The molecule has 2 bridgehead atoms. The smallest absolute Gasteiger partial charge is 0.162 e. The molecule has 0 aromatic heterocycles. The van der Waals surface area contributed by atoms with E-state index in [-0.39, 0.29) is 41.9 Å². The third-order valence-electron chi connectivity index (χ3n) is 14.4. The van der Waals surface area contributed by atoms with Crippen LogP contribution in [-0.2, 0) is 11.3 Å². The van der Waals surface area contributed by atoms with Gasteiger partial charge in [0.25, 0.3) is 0 Å². The van der Waals surface area contributed by atoms with Crippen molar-refractivity contribution in [2.75, 3.05) is 19.7 Å². The lowest BCUT2D eigenvalue weighted by molar-refractivity contribution is -0.180. The monoisotopic (exact) mass is 617 g/mol. The van der Waals surface area contributed by atoms with E-state index in [0.29, 0.717) is 37.6 Å². The fraction of sp³-hybridized carbons (Fsp3) is 0.718. The molecular weight excluding hydrogens is 562 g/mol. The second-order valence-electron chi connectivity index (χ2n) is 16.5. The molecule has 0 radical (unpaired) electrons. The van der Waals surface area contributed by atoms with Crippen LogP contribution < -0.4 is 0 Å². The number of benzene rings is 1. The van der Waals surface area contributed by atoms with Gasteiger partial charge in [0.2, 0.25) is 0 Å². The summed E-state index contributed by atoms with van der Waals surface area (Å²) < 4.78 is 0. The van der Waals surface area contributed by atoms with Crippen LogP contribution in [0.4, 0.5) is 0 Å². The number of aliphatic hydroxyl groups is 4. The molecule has 6 heteroatoms. The first-order chi connectivity index (χ1) is 21.5. The van der Waals surface area contributed by atoms with Crippen LogP contribution in [0.15, 0.2) is 54.1 Å². The number of aliphatic hydroxyl groups excluding tert-OH is 3. The third kappa shape index (κ3) is 4.71. The highest BCUT2D eigenvalue weighted by Gasteiger charge is 2.74. The van der Waals surface area contributed by atoms with Crippen molar-refractivity contribution in [3.8, 4) is 0 Å². The number of ketones is 1. The van der Waals surface area contributed by atoms with Gasteiger partial charge in [-0.25, -0.2) is 0 Å². The van der Waals surface area contributed by atoms with Crippen LogP contribution in [0.2, 0.25) is 0 Å². The van der Waals surface area contributed by atoms with Crippen molar-refractivity contribution in [1.82, 2.24) is 4.90 Å². The molecule has 246 valence electrons. The SMILES string of the molecule is C[C@]12CC[C@H]3[C@]4(C=C[C@@]5(C=C4C(=O)C4CCCCC4)CC(O)CC[C@]35C)[C@@H]1CC[C@@]2(O)CN(Cc1ccccc1)C[C@H](O)CO. The molecule has 2 spiro atoms. The van der Waals surface area contributed by atoms with Gasteiger partial charge in [0.15, 0.2) is 5.78 Å². The number of rotatable bonds is 9. The number of Topliss-reactive ketones (excluding diaryl/α,β-unsaturated/α-hetero) is 1. The van der Waals surface area contributed by atoms with Gasteiger partial charge in [-0.2, -0.15) is 0 Å². The predicted molar refractivity (Wildman–Crippen MR) is 175 cm³/mol. The number of nitrogens with zero attached hydrogens (tertiary/aromatic N) is 1. The molecule has 6 nitrogen and oxygen atoms in total. The van der Waals surface area contributed by atoms with Gasteiger partial charge in [-0.1, -0.05) is 81.7 Å². The fourth-order valence-electron chi connectivity index (χ4n) is 12.0. The number of fused-ring (bicyclic) bond motifs is 1. The lowest BCUT2D eigenvalue weighted by atomic mass is 9.32. The Hall–Kier alpha value is -1.83. The zero-order chi connectivity index (χ0) is 31.7. The maximum atomic E-state index is 14.8. The predicted octanol–water partition coefficient (Wildman–Crippen LogP) is 5.58. The Morgan fingerprint density at radius 2 is 1.62 bits per heavy atom. The first-order valence-electron chi connectivity index (χ1n) is 17.9. The van der Waals surface area contributed by atoms with Crippen molar-refractivity contribution >= 4 is 5.78 Å². The topological polar surface area (TPSA) is 101 Å². The standard InChI is InChI=1S/C39H55NO5/c1-35-16-13-29(42)21-37(35)19-20-39(31(22-37)34(44)28-11-7-4-8-12-28)32(35)14-17-36(2)33(39)15-18-38(36,45)26-40(24-30(43)25-41)23-27-9-5-3-6-10-27/h3,5-6,9-10,19-20,22,28-30,32-33,41-43,45H,4,7-8,11-18,21,23-26H2,1-2H3/t29?,30-,32+,33+,35+,36-,37-,38+,39+/m0/s1. The van der Waals surface area contributed by atoms with E-state index in [1.54, 1.807) is 0 Å². The van der Waals surface area contributed by atoms with Crippen LogP contribution in [0.3, 0.4) is 0 Å². The summed E-state index contributed by atoms with van der Waals surface area (Å²) in [5, 5.41) is 44.1. The maximum Gasteiger partial charge on any atom is 0.162 e. The van der Waals surface area contributed by atoms with Gasteiger partial charge in [-0.05, 0) is 80.6 Å². The van der Waals surface area contributed by atoms with Crippen molar-refractivity contribution in [1.29, 1.82) is 0 Å². The summed E-state index contributed by atoms with van der Waals surface area (Å²) in [6, 6.07) is 10.2. The molecule has 7 aliphatic carbocycles. The maximum absolute atomic E-state index is 14.8. The average molecular weight is 618 g/mol. The van der Waals surface area contributed by atoms with Gasteiger partial charge in [-0.15, -0.1) is 0 Å². The molecule has 8 rings (SSSR count). The summed E-state index contributed by atoms with van der Waals surface area (Å²) in [4.78, 5) is 16.9. The van der Waals surface area contributed by atoms with Crippen molar-refractivity contribution in [3.63, 3.8) is 0 Å². The van der Waals surface area contributed by atoms with Crippen LogP contribution in [0, 0.1) is 39.4 Å². The van der Waals surface area contributed by atoms with Gasteiger partial charge in [0.05, 0.1) is 24.4 Å². The lowest BCUT2D eigenvalue weighted by Gasteiger charge is -2.71. The van der Waals surface area contributed by atoms with E-state index in [0.717, 1.165) is 68.9 Å². The van der Waals surface area contributed by atoms with Gasteiger partial charge in [0.1, 0.15) is 0 Å². The first-order valence-corrected chi connectivity index (χ1v) is 17.9. The zero-order valence-corrected chi connectivity index (χ0v) is 27.5. The molecule has 45 heavy (non-hydrogen) atoms. The Bertz CT molecular complexity index is 1340. The minimum Gasteiger partial charge on any atom is -0.394 e. The number of carbonyl (C=O) groups is 1. The van der Waals surface area contributed by atoms with E-state index in [1.165, 1.54) is 6.42 Å². The largest absolute Gasteiger partial charge is 0.394 e. The Labute approximate surface area is 269 Å². The molecule has 4 fully saturated rings. The third-order valence-corrected chi connectivity index (χ3v) is 14.4. The molecule has 1 unspecified atom stereocenters. The number of hydrogen-bond donors (Lipinski definition) is 4.